The lowest BCUT2D eigenvalue weighted by molar-refractivity contribution is -0.137. The summed E-state index contributed by atoms with van der Waals surface area (Å²) in [5.74, 6) is -1.13. The Bertz CT molecular complexity index is 1480. The number of anilines is 1. The van der Waals surface area contributed by atoms with Crippen LogP contribution in [0.3, 0.4) is 0 Å². The summed E-state index contributed by atoms with van der Waals surface area (Å²) in [4.78, 5) is 38.4. The number of carboxylic acids is 1. The third kappa shape index (κ3) is 6.06. The fraction of sp³-hybridized carbons (Fsp3) is 0.290. The molecule has 4 aromatic rings. The normalized spacial score (nSPS) is 15.5. The molecule has 8 heteroatoms. The number of rotatable bonds is 8. The highest BCUT2D eigenvalue weighted by Crippen LogP contribution is 2.27. The minimum absolute atomic E-state index is 0.0247. The number of aliphatic carboxylic acids is 1. The number of carbonyl (C=O) groups is 2. The van der Waals surface area contributed by atoms with Gasteiger partial charge in [0.15, 0.2) is 0 Å². The zero-order valence-corrected chi connectivity index (χ0v) is 21.9. The van der Waals surface area contributed by atoms with Crippen molar-refractivity contribution in [2.24, 2.45) is 0 Å². The predicted molar refractivity (Wildman–Crippen MR) is 149 cm³/mol. The van der Waals surface area contributed by atoms with Crippen molar-refractivity contribution in [2.75, 3.05) is 24.5 Å². The van der Waals surface area contributed by atoms with Crippen molar-refractivity contribution >= 4 is 28.6 Å². The molecule has 1 saturated heterocycles. The van der Waals surface area contributed by atoms with Crippen molar-refractivity contribution in [3.05, 3.63) is 89.9 Å². The van der Waals surface area contributed by atoms with Crippen molar-refractivity contribution in [3.63, 3.8) is 0 Å². The number of carbonyl (C=O) groups excluding carboxylic acids is 1. The second kappa shape index (κ2) is 11.6. The lowest BCUT2D eigenvalue weighted by Crippen LogP contribution is -2.54. The van der Waals surface area contributed by atoms with E-state index in [0.717, 1.165) is 22.6 Å². The van der Waals surface area contributed by atoms with E-state index in [1.165, 1.54) is 12.1 Å². The fourth-order valence-corrected chi connectivity index (χ4v) is 5.11. The highest BCUT2D eigenvalue weighted by Gasteiger charge is 2.28. The first kappa shape index (κ1) is 26.3. The maximum Gasteiger partial charge on any atom is 0.303 e. The number of amides is 1. The number of unbranched alkanes of at least 4 members (excludes halogenated alkanes) is 1. The van der Waals surface area contributed by atoms with Crippen molar-refractivity contribution in [2.45, 2.75) is 38.6 Å². The molecule has 0 radical (unpaired) electrons. The second-order valence-electron chi connectivity index (χ2n) is 9.96. The molecule has 1 fully saturated rings. The van der Waals surface area contributed by atoms with E-state index in [0.29, 0.717) is 55.5 Å². The lowest BCUT2D eigenvalue weighted by Gasteiger charge is -2.41. The van der Waals surface area contributed by atoms with Crippen molar-refractivity contribution in [1.29, 1.82) is 0 Å². The van der Waals surface area contributed by atoms with Gasteiger partial charge in [0.05, 0.1) is 22.4 Å². The number of hydrogen-bond acceptors (Lipinski definition) is 5. The van der Waals surface area contributed by atoms with Crippen molar-refractivity contribution in [1.82, 2.24) is 14.9 Å². The van der Waals surface area contributed by atoms with Crippen LogP contribution in [0, 0.1) is 5.82 Å². The Morgan fingerprint density at radius 3 is 2.44 bits per heavy atom. The number of carboxylic acid groups (broad SMARTS) is 1. The van der Waals surface area contributed by atoms with Crippen molar-refractivity contribution < 1.29 is 19.1 Å². The summed E-state index contributed by atoms with van der Waals surface area (Å²) < 4.78 is 13.3. The maximum atomic E-state index is 13.5. The Morgan fingerprint density at radius 1 is 0.949 bits per heavy atom. The number of fused-ring (bicyclic) bond motifs is 1. The molecule has 39 heavy (non-hydrogen) atoms. The first-order chi connectivity index (χ1) is 18.9. The van der Waals surface area contributed by atoms with Crippen LogP contribution in [0.1, 0.15) is 42.2 Å². The number of piperazine rings is 1. The predicted octanol–water partition coefficient (Wildman–Crippen LogP) is 5.58. The van der Waals surface area contributed by atoms with Gasteiger partial charge in [0.1, 0.15) is 5.82 Å². The van der Waals surface area contributed by atoms with Crippen molar-refractivity contribution in [3.8, 4) is 11.3 Å². The minimum atomic E-state index is -0.807. The number of aromatic nitrogens is 2. The van der Waals surface area contributed by atoms with Crippen LogP contribution in [0.25, 0.3) is 22.3 Å². The van der Waals surface area contributed by atoms with Crippen LogP contribution in [-0.2, 0) is 11.2 Å². The van der Waals surface area contributed by atoms with E-state index in [1.807, 2.05) is 48.2 Å². The molecule has 0 spiro atoms. The Morgan fingerprint density at radius 2 is 1.72 bits per heavy atom. The zero-order chi connectivity index (χ0) is 27.4. The maximum absolute atomic E-state index is 13.5. The number of halogens is 1. The van der Waals surface area contributed by atoms with Gasteiger partial charge in [-0.25, -0.2) is 14.4 Å². The van der Waals surface area contributed by atoms with Crippen LogP contribution in [0.5, 0.6) is 0 Å². The molecule has 2 heterocycles. The van der Waals surface area contributed by atoms with Crippen LogP contribution in [0.4, 0.5) is 10.1 Å². The van der Waals surface area contributed by atoms with E-state index in [2.05, 4.69) is 4.90 Å². The molecular weight excluding hydrogens is 495 g/mol. The van der Waals surface area contributed by atoms with Crippen LogP contribution < -0.4 is 4.90 Å². The third-order valence-electron chi connectivity index (χ3n) is 7.16. The topological polar surface area (TPSA) is 86.6 Å². The highest BCUT2D eigenvalue weighted by molar-refractivity contribution is 5.98. The summed E-state index contributed by atoms with van der Waals surface area (Å²) >= 11 is 0. The van der Waals surface area contributed by atoms with Crippen LogP contribution in [0.2, 0.25) is 0 Å². The van der Waals surface area contributed by atoms with Gasteiger partial charge >= 0.3 is 5.97 Å². The van der Waals surface area contributed by atoms with E-state index in [-0.39, 0.29) is 24.2 Å². The molecule has 0 aliphatic carbocycles. The van der Waals surface area contributed by atoms with E-state index in [9.17, 15) is 14.0 Å². The SMILES string of the molecule is C[C@@H]1CN(c2ccc(F)cc2)CCN1C(=O)c1ccc2nc(-c3ccccc3)c(CCCCC(=O)O)nc2c1. The van der Waals surface area contributed by atoms with E-state index >= 15 is 0 Å². The molecule has 0 bridgehead atoms. The van der Waals surface area contributed by atoms with E-state index < -0.39 is 5.97 Å². The monoisotopic (exact) mass is 526 g/mol. The summed E-state index contributed by atoms with van der Waals surface area (Å²) in [5, 5.41) is 9.00. The molecule has 1 N–H and O–H groups in total. The number of aryl methyl sites for hydroxylation is 1. The molecule has 7 nitrogen and oxygen atoms in total. The zero-order valence-electron chi connectivity index (χ0n) is 21.9. The van der Waals surface area contributed by atoms with Crippen LogP contribution in [0.15, 0.2) is 72.8 Å². The molecule has 1 aliphatic rings. The van der Waals surface area contributed by atoms with E-state index in [4.69, 9.17) is 15.1 Å². The molecular formula is C31H31FN4O3. The average molecular weight is 527 g/mol. The van der Waals surface area contributed by atoms with Gasteiger partial charge in [-0.15, -0.1) is 0 Å². The molecule has 1 atom stereocenters. The summed E-state index contributed by atoms with van der Waals surface area (Å²) in [7, 11) is 0. The first-order valence-electron chi connectivity index (χ1n) is 13.3. The standard InChI is InChI=1S/C31H31FN4O3/c1-21-20-35(25-14-12-24(32)13-15-25)17-18-36(21)31(39)23-11-16-26-28(19-23)33-27(9-5-6-10-29(37)38)30(34-26)22-7-3-2-4-8-22/h2-4,7-8,11-16,19,21H,5-6,9-10,17-18,20H2,1H3,(H,37,38)/t21-/m1/s1. The van der Waals surface area contributed by atoms with Crippen LogP contribution >= 0.6 is 0 Å². The first-order valence-corrected chi connectivity index (χ1v) is 13.3. The van der Waals surface area contributed by atoms with Gasteiger partial charge in [0, 0.05) is 48.9 Å². The van der Waals surface area contributed by atoms with Crippen LogP contribution in [-0.4, -0.2) is 57.5 Å². The largest absolute Gasteiger partial charge is 0.481 e. The molecule has 200 valence electrons. The second-order valence-corrected chi connectivity index (χ2v) is 9.96. The Kier molecular flexibility index (Phi) is 7.81. The molecule has 1 aliphatic heterocycles. The van der Waals surface area contributed by atoms with Gasteiger partial charge in [-0.1, -0.05) is 30.3 Å². The summed E-state index contributed by atoms with van der Waals surface area (Å²) in [5.41, 5.74) is 5.38. The van der Waals surface area contributed by atoms with Gasteiger partial charge < -0.3 is 14.9 Å². The smallest absolute Gasteiger partial charge is 0.303 e. The highest BCUT2D eigenvalue weighted by atomic mass is 19.1. The van der Waals surface area contributed by atoms with Gasteiger partial charge in [-0.05, 0) is 68.7 Å². The molecule has 3 aromatic carbocycles. The molecule has 5 rings (SSSR count). The summed E-state index contributed by atoms with van der Waals surface area (Å²) in [6.45, 7) is 3.90. The Labute approximate surface area is 226 Å². The number of benzene rings is 3. The Hall–Kier alpha value is -4.33. The van der Waals surface area contributed by atoms with Gasteiger partial charge in [0.2, 0.25) is 0 Å². The average Bonchev–Trinajstić information content (AvgIpc) is 2.95. The molecule has 0 saturated carbocycles. The quantitative estimate of drug-likeness (QED) is 0.302. The Balaban J connectivity index is 1.38. The minimum Gasteiger partial charge on any atom is -0.481 e. The third-order valence-corrected chi connectivity index (χ3v) is 7.16. The fourth-order valence-electron chi connectivity index (χ4n) is 5.11. The van der Waals surface area contributed by atoms with Gasteiger partial charge in [-0.3, -0.25) is 9.59 Å². The number of nitrogens with zero attached hydrogens (tertiary/aromatic N) is 4. The van der Waals surface area contributed by atoms with E-state index in [1.54, 1.807) is 24.3 Å². The number of hydrogen-bond donors (Lipinski definition) is 1. The molecule has 0 unspecified atom stereocenters. The molecule has 1 amide bonds. The van der Waals surface area contributed by atoms with Gasteiger partial charge in [0.25, 0.3) is 5.91 Å². The summed E-state index contributed by atoms with van der Waals surface area (Å²) in [6.07, 6.45) is 1.96. The summed E-state index contributed by atoms with van der Waals surface area (Å²) in [6, 6.07) is 21.7. The van der Waals surface area contributed by atoms with Gasteiger partial charge in [-0.2, -0.15) is 0 Å². The lowest BCUT2D eigenvalue weighted by atomic mass is 10.0. The molecule has 1 aromatic heterocycles.